The van der Waals surface area contributed by atoms with Crippen LogP contribution in [0.1, 0.15) is 62.8 Å². The van der Waals surface area contributed by atoms with Gasteiger partial charge in [-0.05, 0) is 78.4 Å². The zero-order valence-electron chi connectivity index (χ0n) is 23.3. The van der Waals surface area contributed by atoms with Crippen LogP contribution >= 0.6 is 15.9 Å². The van der Waals surface area contributed by atoms with E-state index in [-0.39, 0.29) is 18.4 Å². The molecule has 3 aromatic rings. The minimum absolute atomic E-state index is 0.181. The fraction of sp³-hybridized carbons (Fsp3) is 0.375. The number of rotatable bonds is 10. The minimum Gasteiger partial charge on any atom is -0.483 e. The molecule has 0 heterocycles. The van der Waals surface area contributed by atoms with Crippen molar-refractivity contribution in [3.05, 3.63) is 99.5 Å². The number of benzene rings is 3. The lowest BCUT2D eigenvalue weighted by molar-refractivity contribution is -0.143. The number of carbonyl (C=O) groups excluding carboxylic acids is 2. The van der Waals surface area contributed by atoms with Gasteiger partial charge < -0.3 is 15.0 Å². The summed E-state index contributed by atoms with van der Waals surface area (Å²) >= 11 is 3.58. The van der Waals surface area contributed by atoms with Gasteiger partial charge in [-0.15, -0.1) is 0 Å². The van der Waals surface area contributed by atoms with E-state index in [2.05, 4.69) is 35.1 Å². The van der Waals surface area contributed by atoms with Crippen molar-refractivity contribution in [2.24, 2.45) is 0 Å². The molecular formula is C32H39BrN2O3. The second-order valence-corrected chi connectivity index (χ2v) is 11.9. The first-order valence-corrected chi connectivity index (χ1v) is 13.9. The Balaban J connectivity index is 1.92. The Morgan fingerprint density at radius 1 is 0.947 bits per heavy atom. The predicted octanol–water partition coefficient (Wildman–Crippen LogP) is 6.81. The summed E-state index contributed by atoms with van der Waals surface area (Å²) in [5.41, 5.74) is 3.81. The molecule has 3 rings (SSSR count). The van der Waals surface area contributed by atoms with E-state index in [1.807, 2.05) is 100 Å². The number of carbonyl (C=O) groups is 2. The van der Waals surface area contributed by atoms with Crippen molar-refractivity contribution in [2.75, 3.05) is 6.61 Å². The van der Waals surface area contributed by atoms with E-state index >= 15 is 0 Å². The van der Waals surface area contributed by atoms with Crippen molar-refractivity contribution < 1.29 is 14.3 Å². The molecule has 0 aliphatic heterocycles. The van der Waals surface area contributed by atoms with Gasteiger partial charge in [-0.2, -0.15) is 0 Å². The van der Waals surface area contributed by atoms with Crippen molar-refractivity contribution in [1.82, 2.24) is 10.2 Å². The molecule has 1 N–H and O–H groups in total. The molecule has 0 bridgehead atoms. The Kier molecular flexibility index (Phi) is 10.1. The van der Waals surface area contributed by atoms with Crippen LogP contribution in [0.3, 0.4) is 0 Å². The summed E-state index contributed by atoms with van der Waals surface area (Å²) < 4.78 is 6.78. The maximum Gasteiger partial charge on any atom is 0.261 e. The van der Waals surface area contributed by atoms with Gasteiger partial charge in [0, 0.05) is 18.5 Å². The quantitative estimate of drug-likeness (QED) is 0.287. The fourth-order valence-electron chi connectivity index (χ4n) is 4.11. The maximum atomic E-state index is 13.8. The fourth-order valence-corrected chi connectivity index (χ4v) is 4.62. The molecule has 0 unspecified atom stereocenters. The smallest absolute Gasteiger partial charge is 0.261 e. The zero-order valence-corrected chi connectivity index (χ0v) is 24.8. The molecule has 0 fully saturated rings. The average Bonchev–Trinajstić information content (AvgIpc) is 2.85. The Hall–Kier alpha value is -3.12. The summed E-state index contributed by atoms with van der Waals surface area (Å²) in [4.78, 5) is 29.1. The highest BCUT2D eigenvalue weighted by Crippen LogP contribution is 2.29. The van der Waals surface area contributed by atoms with Gasteiger partial charge in [-0.1, -0.05) is 80.1 Å². The van der Waals surface area contributed by atoms with Crippen LogP contribution in [0.15, 0.2) is 77.3 Å². The molecule has 0 spiro atoms. The maximum absolute atomic E-state index is 13.8. The summed E-state index contributed by atoms with van der Waals surface area (Å²) in [7, 11) is 0. The van der Waals surface area contributed by atoms with E-state index in [1.54, 1.807) is 4.90 Å². The molecule has 0 aliphatic carbocycles. The molecule has 0 radical (unpaired) electrons. The SMILES string of the molecule is Cc1ccc(CN(C(=O)COc2ccc(C(C)C)cc2Br)[C@H](Cc2ccccc2)C(=O)NC(C)(C)C)cc1. The number of ether oxygens (including phenoxy) is 1. The van der Waals surface area contributed by atoms with Crippen molar-refractivity contribution in [2.45, 2.75) is 72.0 Å². The van der Waals surface area contributed by atoms with E-state index in [0.29, 0.717) is 24.6 Å². The zero-order chi connectivity index (χ0) is 27.9. The summed E-state index contributed by atoms with van der Waals surface area (Å²) in [5, 5.41) is 3.09. The van der Waals surface area contributed by atoms with Gasteiger partial charge in [0.15, 0.2) is 6.61 Å². The number of hydrogen-bond acceptors (Lipinski definition) is 3. The van der Waals surface area contributed by atoms with Gasteiger partial charge in [0.05, 0.1) is 4.47 Å². The lowest BCUT2D eigenvalue weighted by Gasteiger charge is -2.33. The van der Waals surface area contributed by atoms with Crippen molar-refractivity contribution >= 4 is 27.7 Å². The molecule has 202 valence electrons. The van der Waals surface area contributed by atoms with E-state index in [0.717, 1.165) is 21.2 Å². The lowest BCUT2D eigenvalue weighted by atomic mass is 10.0. The number of hydrogen-bond donors (Lipinski definition) is 1. The Morgan fingerprint density at radius 2 is 1.61 bits per heavy atom. The number of nitrogens with zero attached hydrogens (tertiary/aromatic N) is 1. The second kappa shape index (κ2) is 13.1. The van der Waals surface area contributed by atoms with Gasteiger partial charge >= 0.3 is 0 Å². The topological polar surface area (TPSA) is 58.6 Å². The Bertz CT molecular complexity index is 1220. The van der Waals surface area contributed by atoms with Crippen LogP contribution in [-0.4, -0.2) is 34.9 Å². The first-order valence-electron chi connectivity index (χ1n) is 13.1. The summed E-state index contributed by atoms with van der Waals surface area (Å²) in [6.45, 7) is 12.2. The highest BCUT2D eigenvalue weighted by molar-refractivity contribution is 9.10. The van der Waals surface area contributed by atoms with Gasteiger partial charge in [-0.3, -0.25) is 9.59 Å². The standard InChI is InChI=1S/C32H39BrN2O3/c1-22(2)26-16-17-29(27(33)19-26)38-21-30(36)35(20-25-14-12-23(3)13-15-25)28(31(37)34-32(4,5)6)18-24-10-8-7-9-11-24/h7-17,19,22,28H,18,20-21H2,1-6H3,(H,34,37)/t28-/m1/s1. The van der Waals surface area contributed by atoms with Crippen LogP contribution in [-0.2, 0) is 22.6 Å². The first kappa shape index (κ1) is 29.4. The minimum atomic E-state index is -0.708. The number of amides is 2. The molecule has 0 saturated carbocycles. The molecule has 0 aliphatic rings. The molecule has 38 heavy (non-hydrogen) atoms. The third kappa shape index (κ3) is 8.73. The average molecular weight is 580 g/mol. The molecule has 5 nitrogen and oxygen atoms in total. The van der Waals surface area contributed by atoms with E-state index in [9.17, 15) is 9.59 Å². The van der Waals surface area contributed by atoms with Crippen molar-refractivity contribution in [3.63, 3.8) is 0 Å². The van der Waals surface area contributed by atoms with E-state index in [1.165, 1.54) is 5.56 Å². The van der Waals surface area contributed by atoms with Gasteiger partial charge in [0.2, 0.25) is 5.91 Å². The Labute approximate surface area is 235 Å². The van der Waals surface area contributed by atoms with Crippen LogP contribution in [0.25, 0.3) is 0 Å². The largest absolute Gasteiger partial charge is 0.483 e. The molecule has 0 saturated heterocycles. The van der Waals surface area contributed by atoms with Gasteiger partial charge in [0.1, 0.15) is 11.8 Å². The van der Waals surface area contributed by atoms with Gasteiger partial charge in [0.25, 0.3) is 5.91 Å². The van der Waals surface area contributed by atoms with Crippen LogP contribution in [0, 0.1) is 6.92 Å². The monoisotopic (exact) mass is 578 g/mol. The van der Waals surface area contributed by atoms with Crippen LogP contribution < -0.4 is 10.1 Å². The number of halogens is 1. The van der Waals surface area contributed by atoms with Crippen LogP contribution in [0.4, 0.5) is 0 Å². The van der Waals surface area contributed by atoms with Crippen molar-refractivity contribution in [1.29, 1.82) is 0 Å². The van der Waals surface area contributed by atoms with Crippen LogP contribution in [0.5, 0.6) is 5.75 Å². The van der Waals surface area contributed by atoms with Crippen molar-refractivity contribution in [3.8, 4) is 5.75 Å². The molecule has 1 atom stereocenters. The van der Waals surface area contributed by atoms with E-state index in [4.69, 9.17) is 4.74 Å². The summed E-state index contributed by atoms with van der Waals surface area (Å²) in [6, 6.07) is 23.0. The Morgan fingerprint density at radius 3 is 2.18 bits per heavy atom. The third-order valence-electron chi connectivity index (χ3n) is 6.22. The van der Waals surface area contributed by atoms with Crippen LogP contribution in [0.2, 0.25) is 0 Å². The molecule has 6 heteroatoms. The molecule has 2 amide bonds. The molecule has 3 aromatic carbocycles. The number of aryl methyl sites for hydroxylation is 1. The molecule has 0 aromatic heterocycles. The highest BCUT2D eigenvalue weighted by atomic mass is 79.9. The second-order valence-electron chi connectivity index (χ2n) is 11.1. The normalized spacial score (nSPS) is 12.2. The highest BCUT2D eigenvalue weighted by Gasteiger charge is 2.32. The summed E-state index contributed by atoms with van der Waals surface area (Å²) in [5.74, 6) is 0.531. The first-order chi connectivity index (χ1) is 17.9. The predicted molar refractivity (Wildman–Crippen MR) is 157 cm³/mol. The summed E-state index contributed by atoms with van der Waals surface area (Å²) in [6.07, 6.45) is 0.396. The molecular weight excluding hydrogens is 540 g/mol. The third-order valence-corrected chi connectivity index (χ3v) is 6.84. The lowest BCUT2D eigenvalue weighted by Crippen LogP contribution is -2.55. The number of nitrogens with one attached hydrogen (secondary N) is 1. The van der Waals surface area contributed by atoms with E-state index < -0.39 is 11.6 Å². The van der Waals surface area contributed by atoms with Gasteiger partial charge in [-0.25, -0.2) is 0 Å².